The van der Waals surface area contributed by atoms with Crippen LogP contribution >= 0.6 is 0 Å². The highest BCUT2D eigenvalue weighted by Gasteiger charge is 2.09. The number of hydrogen-bond donors (Lipinski definition) is 2. The van der Waals surface area contributed by atoms with Gasteiger partial charge in [-0.15, -0.1) is 0 Å². The lowest BCUT2D eigenvalue weighted by molar-refractivity contribution is 0.0934. The van der Waals surface area contributed by atoms with Gasteiger partial charge in [0.15, 0.2) is 0 Å². The van der Waals surface area contributed by atoms with E-state index in [2.05, 4.69) is 20.5 Å². The molecule has 1 unspecified atom stereocenters. The van der Waals surface area contributed by atoms with Crippen LogP contribution in [0.5, 0.6) is 0 Å². The summed E-state index contributed by atoms with van der Waals surface area (Å²) >= 11 is 0. The Hall–Kier alpha value is -1.62. The number of anilines is 1. The number of pyridine rings is 1. The molecule has 0 radical (unpaired) electrons. The molecule has 0 saturated heterocycles. The molecular weight excluding hydrogens is 240 g/mol. The molecular formula is C14H24N4O. The van der Waals surface area contributed by atoms with E-state index in [-0.39, 0.29) is 11.9 Å². The number of carbonyl (C=O) groups is 1. The molecule has 1 aromatic rings. The van der Waals surface area contributed by atoms with Crippen LogP contribution in [0.3, 0.4) is 0 Å². The second-order valence-corrected chi connectivity index (χ2v) is 4.94. The summed E-state index contributed by atoms with van der Waals surface area (Å²) in [5.74, 6) is -0.116. The van der Waals surface area contributed by atoms with Crippen LogP contribution in [0.1, 0.15) is 30.8 Å². The van der Waals surface area contributed by atoms with Crippen molar-refractivity contribution in [2.75, 3.05) is 32.5 Å². The highest BCUT2D eigenvalue weighted by atomic mass is 16.1. The topological polar surface area (TPSA) is 57.3 Å². The largest absolute Gasteiger partial charge is 0.383 e. The number of nitrogens with zero attached hydrogens (tertiary/aromatic N) is 2. The van der Waals surface area contributed by atoms with Gasteiger partial charge in [0.25, 0.3) is 5.91 Å². The van der Waals surface area contributed by atoms with E-state index in [0.717, 1.165) is 25.2 Å². The Kier molecular flexibility index (Phi) is 6.29. The van der Waals surface area contributed by atoms with Gasteiger partial charge in [-0.05, 0) is 39.6 Å². The Morgan fingerprint density at radius 2 is 2.16 bits per heavy atom. The molecule has 19 heavy (non-hydrogen) atoms. The van der Waals surface area contributed by atoms with E-state index in [1.807, 2.05) is 34.0 Å². The quantitative estimate of drug-likeness (QED) is 0.785. The Morgan fingerprint density at radius 1 is 1.42 bits per heavy atom. The van der Waals surface area contributed by atoms with Crippen molar-refractivity contribution in [2.45, 2.75) is 26.3 Å². The van der Waals surface area contributed by atoms with Gasteiger partial charge in [-0.1, -0.05) is 6.92 Å². The maximum Gasteiger partial charge on any atom is 0.270 e. The summed E-state index contributed by atoms with van der Waals surface area (Å²) in [6.45, 7) is 5.83. The van der Waals surface area contributed by atoms with E-state index in [0.29, 0.717) is 5.69 Å². The Bertz CT molecular complexity index is 389. The van der Waals surface area contributed by atoms with Gasteiger partial charge < -0.3 is 15.5 Å². The maximum atomic E-state index is 11.8. The molecule has 0 saturated carbocycles. The first-order valence-corrected chi connectivity index (χ1v) is 6.68. The third-order valence-corrected chi connectivity index (χ3v) is 2.87. The molecule has 1 rings (SSSR count). The van der Waals surface area contributed by atoms with Crippen LogP contribution in [0, 0.1) is 0 Å². The molecule has 106 valence electrons. The van der Waals surface area contributed by atoms with Crippen molar-refractivity contribution < 1.29 is 4.79 Å². The first-order chi connectivity index (χ1) is 9.02. The molecule has 1 atom stereocenters. The summed E-state index contributed by atoms with van der Waals surface area (Å²) in [5.41, 5.74) is 1.39. The summed E-state index contributed by atoms with van der Waals surface area (Å²) in [4.78, 5) is 18.1. The molecule has 5 heteroatoms. The second-order valence-electron chi connectivity index (χ2n) is 4.94. The zero-order valence-electron chi connectivity index (χ0n) is 12.2. The van der Waals surface area contributed by atoms with Crippen LogP contribution in [0.25, 0.3) is 0 Å². The van der Waals surface area contributed by atoms with Crippen LogP contribution in [0.15, 0.2) is 18.3 Å². The summed E-state index contributed by atoms with van der Waals surface area (Å²) in [6.07, 6.45) is 2.61. The normalized spacial score (nSPS) is 12.3. The maximum absolute atomic E-state index is 11.8. The Balaban J connectivity index is 2.49. The number of amides is 1. The third kappa shape index (κ3) is 5.70. The van der Waals surface area contributed by atoms with Crippen molar-refractivity contribution in [3.05, 3.63) is 24.0 Å². The fraction of sp³-hybridized carbons (Fsp3) is 0.571. The van der Waals surface area contributed by atoms with Crippen LogP contribution in [-0.2, 0) is 0 Å². The van der Waals surface area contributed by atoms with Gasteiger partial charge in [0.05, 0.1) is 11.9 Å². The van der Waals surface area contributed by atoms with Gasteiger partial charge in [-0.2, -0.15) is 0 Å². The van der Waals surface area contributed by atoms with E-state index < -0.39 is 0 Å². The number of rotatable bonds is 7. The van der Waals surface area contributed by atoms with Crippen LogP contribution in [-0.4, -0.2) is 49.0 Å². The minimum absolute atomic E-state index is 0.116. The molecule has 0 aromatic carbocycles. The van der Waals surface area contributed by atoms with Crippen molar-refractivity contribution >= 4 is 11.6 Å². The average Bonchev–Trinajstić information content (AvgIpc) is 2.38. The first-order valence-electron chi connectivity index (χ1n) is 6.68. The van der Waals surface area contributed by atoms with E-state index in [4.69, 9.17) is 0 Å². The summed E-state index contributed by atoms with van der Waals surface area (Å²) < 4.78 is 0. The number of likely N-dealkylation sites (N-methyl/N-ethyl adjacent to an activating group) is 1. The zero-order chi connectivity index (χ0) is 14.3. The smallest absolute Gasteiger partial charge is 0.270 e. The molecule has 0 spiro atoms. The van der Waals surface area contributed by atoms with Crippen molar-refractivity contribution in [1.29, 1.82) is 0 Å². The van der Waals surface area contributed by atoms with Crippen molar-refractivity contribution in [3.63, 3.8) is 0 Å². The third-order valence-electron chi connectivity index (χ3n) is 2.87. The first kappa shape index (κ1) is 15.4. The fourth-order valence-corrected chi connectivity index (χ4v) is 1.46. The fourth-order valence-electron chi connectivity index (χ4n) is 1.46. The molecule has 5 nitrogen and oxygen atoms in total. The lowest BCUT2D eigenvalue weighted by atomic mass is 10.2. The van der Waals surface area contributed by atoms with Gasteiger partial charge >= 0.3 is 0 Å². The highest BCUT2D eigenvalue weighted by molar-refractivity contribution is 5.92. The number of nitrogens with one attached hydrogen (secondary N) is 2. The van der Waals surface area contributed by atoms with Gasteiger partial charge in [-0.3, -0.25) is 4.79 Å². The van der Waals surface area contributed by atoms with Gasteiger partial charge in [0.1, 0.15) is 5.69 Å². The van der Waals surface area contributed by atoms with Crippen molar-refractivity contribution in [1.82, 2.24) is 15.2 Å². The molecule has 0 aliphatic carbocycles. The number of hydrogen-bond acceptors (Lipinski definition) is 4. The Morgan fingerprint density at radius 3 is 2.68 bits per heavy atom. The summed E-state index contributed by atoms with van der Waals surface area (Å²) in [6, 6.07) is 3.80. The van der Waals surface area contributed by atoms with Crippen LogP contribution in [0.4, 0.5) is 5.69 Å². The number of carbonyl (C=O) groups excluding carboxylic acids is 1. The predicted molar refractivity (Wildman–Crippen MR) is 78.5 cm³/mol. The predicted octanol–water partition coefficient (Wildman–Crippen LogP) is 1.58. The van der Waals surface area contributed by atoms with E-state index in [1.54, 1.807) is 12.3 Å². The molecule has 1 amide bonds. The lowest BCUT2D eigenvalue weighted by Crippen LogP contribution is -2.32. The molecule has 0 bridgehead atoms. The average molecular weight is 264 g/mol. The lowest BCUT2D eigenvalue weighted by Gasteiger charge is -2.12. The van der Waals surface area contributed by atoms with E-state index >= 15 is 0 Å². The molecule has 0 aliphatic heterocycles. The minimum Gasteiger partial charge on any atom is -0.383 e. The molecule has 0 aliphatic rings. The molecule has 1 aromatic heterocycles. The van der Waals surface area contributed by atoms with Crippen LogP contribution < -0.4 is 10.6 Å². The van der Waals surface area contributed by atoms with Crippen LogP contribution in [0.2, 0.25) is 0 Å². The van der Waals surface area contributed by atoms with Gasteiger partial charge in [0, 0.05) is 19.1 Å². The second kappa shape index (κ2) is 7.74. The zero-order valence-corrected chi connectivity index (χ0v) is 12.2. The van der Waals surface area contributed by atoms with E-state index in [9.17, 15) is 4.79 Å². The highest BCUT2D eigenvalue weighted by Crippen LogP contribution is 2.06. The standard InChI is InChI=1S/C14H24N4O/c1-5-11(2)17-14(19)13-7-6-12(10-16-13)15-8-9-18(3)4/h6-7,10-11,15H,5,8-9H2,1-4H3,(H,17,19). The number of aromatic nitrogens is 1. The monoisotopic (exact) mass is 264 g/mol. The molecule has 0 fully saturated rings. The van der Waals surface area contributed by atoms with E-state index in [1.165, 1.54) is 0 Å². The SMILES string of the molecule is CCC(C)NC(=O)c1ccc(NCCN(C)C)cn1. The van der Waals surface area contributed by atoms with Gasteiger partial charge in [0.2, 0.25) is 0 Å². The van der Waals surface area contributed by atoms with Crippen molar-refractivity contribution in [3.8, 4) is 0 Å². The molecule has 2 N–H and O–H groups in total. The van der Waals surface area contributed by atoms with Gasteiger partial charge in [-0.25, -0.2) is 4.98 Å². The summed E-state index contributed by atoms with van der Waals surface area (Å²) in [7, 11) is 4.06. The minimum atomic E-state index is -0.116. The summed E-state index contributed by atoms with van der Waals surface area (Å²) in [5, 5.41) is 6.15. The molecule has 1 heterocycles. The Labute approximate surface area is 115 Å². The van der Waals surface area contributed by atoms with Crippen molar-refractivity contribution in [2.24, 2.45) is 0 Å².